The van der Waals surface area contributed by atoms with Crippen LogP contribution in [0.3, 0.4) is 0 Å². The first kappa shape index (κ1) is 22.1. The predicted molar refractivity (Wildman–Crippen MR) is 117 cm³/mol. The van der Waals surface area contributed by atoms with E-state index in [1.54, 1.807) is 14.2 Å². The number of guanidine groups is 1. The van der Waals surface area contributed by atoms with Crippen molar-refractivity contribution in [2.75, 3.05) is 32.6 Å². The van der Waals surface area contributed by atoms with Crippen molar-refractivity contribution in [2.45, 2.75) is 26.8 Å². The third kappa shape index (κ3) is 6.71. The van der Waals surface area contributed by atoms with Crippen molar-refractivity contribution in [1.82, 2.24) is 10.6 Å². The standard InChI is InChI=1S/C22H30N4O3/c1-5-12-24-21(27)17-9-7-8-16(13-17)15-25-22(23-3)26-18-10-11-19(28-4)20(14-18)29-6-2/h7-11,13-14H,5-6,12,15H2,1-4H3,(H,24,27)(H2,23,25,26). The fraction of sp³-hybridized carbons (Fsp3) is 0.364. The summed E-state index contributed by atoms with van der Waals surface area (Å²) in [5.41, 5.74) is 2.47. The fourth-order valence-electron chi connectivity index (χ4n) is 2.69. The third-order valence-electron chi connectivity index (χ3n) is 4.13. The highest BCUT2D eigenvalue weighted by Crippen LogP contribution is 2.30. The first-order valence-corrected chi connectivity index (χ1v) is 9.76. The van der Waals surface area contributed by atoms with Gasteiger partial charge in [0.15, 0.2) is 17.5 Å². The minimum atomic E-state index is -0.0575. The van der Waals surface area contributed by atoms with Gasteiger partial charge in [0.2, 0.25) is 0 Å². The number of carbonyl (C=O) groups excluding carboxylic acids is 1. The zero-order valence-electron chi connectivity index (χ0n) is 17.5. The Balaban J connectivity index is 2.01. The van der Waals surface area contributed by atoms with E-state index < -0.39 is 0 Å². The molecule has 2 aromatic rings. The van der Waals surface area contributed by atoms with Gasteiger partial charge in [0.1, 0.15) is 0 Å². The van der Waals surface area contributed by atoms with E-state index in [0.29, 0.717) is 42.7 Å². The maximum atomic E-state index is 12.1. The number of benzene rings is 2. The molecule has 7 nitrogen and oxygen atoms in total. The quantitative estimate of drug-likeness (QED) is 0.445. The first-order chi connectivity index (χ1) is 14.1. The molecule has 0 atom stereocenters. The number of aliphatic imine (C=N–C) groups is 1. The van der Waals surface area contributed by atoms with Crippen LogP contribution >= 0.6 is 0 Å². The zero-order valence-corrected chi connectivity index (χ0v) is 17.5. The number of methoxy groups -OCH3 is 1. The van der Waals surface area contributed by atoms with E-state index in [-0.39, 0.29) is 5.91 Å². The second kappa shape index (κ2) is 11.6. The Labute approximate surface area is 172 Å². The molecule has 0 spiro atoms. The molecule has 0 heterocycles. The van der Waals surface area contributed by atoms with Crippen LogP contribution < -0.4 is 25.4 Å². The number of ether oxygens (including phenoxy) is 2. The van der Waals surface area contributed by atoms with Gasteiger partial charge in [-0.05, 0) is 43.2 Å². The number of rotatable bonds is 9. The Hall–Kier alpha value is -3.22. The summed E-state index contributed by atoms with van der Waals surface area (Å²) in [6.07, 6.45) is 0.908. The molecule has 0 aliphatic heterocycles. The third-order valence-corrected chi connectivity index (χ3v) is 4.13. The monoisotopic (exact) mass is 398 g/mol. The van der Waals surface area contributed by atoms with Crippen LogP contribution in [0.1, 0.15) is 36.2 Å². The topological polar surface area (TPSA) is 84.0 Å². The Morgan fingerprint density at radius 2 is 1.90 bits per heavy atom. The Morgan fingerprint density at radius 3 is 2.59 bits per heavy atom. The van der Waals surface area contributed by atoms with Crippen molar-refractivity contribution in [3.63, 3.8) is 0 Å². The maximum absolute atomic E-state index is 12.1. The van der Waals surface area contributed by atoms with Crippen molar-refractivity contribution in [3.05, 3.63) is 53.6 Å². The van der Waals surface area contributed by atoms with Crippen LogP contribution in [0, 0.1) is 0 Å². The maximum Gasteiger partial charge on any atom is 0.251 e. The molecule has 2 rings (SSSR count). The van der Waals surface area contributed by atoms with E-state index in [4.69, 9.17) is 9.47 Å². The number of anilines is 1. The summed E-state index contributed by atoms with van der Waals surface area (Å²) in [6.45, 7) is 5.71. The lowest BCUT2D eigenvalue weighted by atomic mass is 10.1. The van der Waals surface area contributed by atoms with E-state index in [0.717, 1.165) is 17.7 Å². The number of nitrogens with one attached hydrogen (secondary N) is 3. The number of hydrogen-bond donors (Lipinski definition) is 3. The van der Waals surface area contributed by atoms with Crippen molar-refractivity contribution in [1.29, 1.82) is 0 Å². The van der Waals surface area contributed by atoms with Crippen LogP contribution in [0.5, 0.6) is 11.5 Å². The molecule has 0 aliphatic carbocycles. The Morgan fingerprint density at radius 1 is 1.07 bits per heavy atom. The summed E-state index contributed by atoms with van der Waals surface area (Å²) in [4.78, 5) is 16.4. The molecule has 0 unspecified atom stereocenters. The highest BCUT2D eigenvalue weighted by atomic mass is 16.5. The van der Waals surface area contributed by atoms with Crippen LogP contribution in [0.2, 0.25) is 0 Å². The highest BCUT2D eigenvalue weighted by Gasteiger charge is 2.08. The molecule has 0 fully saturated rings. The number of amides is 1. The lowest BCUT2D eigenvalue weighted by Gasteiger charge is -2.15. The van der Waals surface area contributed by atoms with Gasteiger partial charge < -0.3 is 25.4 Å². The van der Waals surface area contributed by atoms with Crippen LogP contribution in [-0.2, 0) is 6.54 Å². The molecule has 0 saturated carbocycles. The van der Waals surface area contributed by atoms with E-state index in [2.05, 4.69) is 20.9 Å². The number of hydrogen-bond acceptors (Lipinski definition) is 4. The minimum Gasteiger partial charge on any atom is -0.493 e. The van der Waals surface area contributed by atoms with Gasteiger partial charge in [0.05, 0.1) is 13.7 Å². The molecular weight excluding hydrogens is 368 g/mol. The summed E-state index contributed by atoms with van der Waals surface area (Å²) in [6, 6.07) is 13.2. The SMILES string of the molecule is CCCNC(=O)c1cccc(CNC(=NC)Nc2ccc(OC)c(OCC)c2)c1. The van der Waals surface area contributed by atoms with Crippen LogP contribution in [0.25, 0.3) is 0 Å². The van der Waals surface area contributed by atoms with Crippen LogP contribution in [0.4, 0.5) is 5.69 Å². The van der Waals surface area contributed by atoms with Crippen molar-refractivity contribution in [3.8, 4) is 11.5 Å². The molecular formula is C22H30N4O3. The summed E-state index contributed by atoms with van der Waals surface area (Å²) in [5, 5.41) is 9.39. The Kier molecular flexibility index (Phi) is 8.82. The number of nitrogens with zero attached hydrogens (tertiary/aromatic N) is 1. The molecule has 0 aliphatic rings. The molecule has 2 aromatic carbocycles. The second-order valence-corrected chi connectivity index (χ2v) is 6.31. The molecule has 156 valence electrons. The van der Waals surface area contributed by atoms with Crippen LogP contribution in [0.15, 0.2) is 47.5 Å². The van der Waals surface area contributed by atoms with Gasteiger partial charge in [0, 0.05) is 37.5 Å². The fourth-order valence-corrected chi connectivity index (χ4v) is 2.69. The lowest BCUT2D eigenvalue weighted by molar-refractivity contribution is 0.0953. The van der Waals surface area contributed by atoms with Crippen molar-refractivity contribution >= 4 is 17.6 Å². The van der Waals surface area contributed by atoms with Gasteiger partial charge >= 0.3 is 0 Å². The molecule has 0 bridgehead atoms. The molecule has 1 amide bonds. The molecule has 7 heteroatoms. The summed E-state index contributed by atoms with van der Waals surface area (Å²) >= 11 is 0. The summed E-state index contributed by atoms with van der Waals surface area (Å²) in [5.74, 6) is 1.90. The normalized spacial score (nSPS) is 11.0. The van der Waals surface area contributed by atoms with Gasteiger partial charge in [-0.2, -0.15) is 0 Å². The first-order valence-electron chi connectivity index (χ1n) is 9.76. The predicted octanol–water partition coefficient (Wildman–Crippen LogP) is 3.42. The molecule has 0 saturated heterocycles. The average Bonchev–Trinajstić information content (AvgIpc) is 2.75. The minimum absolute atomic E-state index is 0.0575. The van der Waals surface area contributed by atoms with Crippen LogP contribution in [-0.4, -0.2) is 39.2 Å². The molecule has 3 N–H and O–H groups in total. The number of carbonyl (C=O) groups is 1. The second-order valence-electron chi connectivity index (χ2n) is 6.31. The summed E-state index contributed by atoms with van der Waals surface area (Å²) in [7, 11) is 3.32. The Bertz CT molecular complexity index is 837. The van der Waals surface area contributed by atoms with Gasteiger partial charge in [-0.15, -0.1) is 0 Å². The van der Waals surface area contributed by atoms with E-state index in [1.807, 2.05) is 56.3 Å². The van der Waals surface area contributed by atoms with E-state index in [9.17, 15) is 4.79 Å². The average molecular weight is 399 g/mol. The molecule has 0 radical (unpaired) electrons. The molecule has 0 aromatic heterocycles. The van der Waals surface area contributed by atoms with Gasteiger partial charge in [-0.3, -0.25) is 9.79 Å². The highest BCUT2D eigenvalue weighted by molar-refractivity contribution is 5.95. The van der Waals surface area contributed by atoms with Crippen molar-refractivity contribution in [2.24, 2.45) is 4.99 Å². The zero-order chi connectivity index (χ0) is 21.1. The largest absolute Gasteiger partial charge is 0.493 e. The van der Waals surface area contributed by atoms with Gasteiger partial charge in [0.25, 0.3) is 5.91 Å². The van der Waals surface area contributed by atoms with E-state index >= 15 is 0 Å². The smallest absolute Gasteiger partial charge is 0.251 e. The summed E-state index contributed by atoms with van der Waals surface area (Å²) < 4.78 is 10.9. The molecule has 29 heavy (non-hydrogen) atoms. The van der Waals surface area contributed by atoms with E-state index in [1.165, 1.54) is 0 Å². The lowest BCUT2D eigenvalue weighted by Crippen LogP contribution is -2.30. The van der Waals surface area contributed by atoms with Gasteiger partial charge in [-0.1, -0.05) is 19.1 Å². The van der Waals surface area contributed by atoms with Crippen molar-refractivity contribution < 1.29 is 14.3 Å². The van der Waals surface area contributed by atoms with Gasteiger partial charge in [-0.25, -0.2) is 0 Å².